The van der Waals surface area contributed by atoms with Crippen LogP contribution in [0.4, 0.5) is 5.13 Å². The maximum atomic E-state index is 11.8. The monoisotopic (exact) mass is 578 g/mol. The second kappa shape index (κ2) is 11.1. The van der Waals surface area contributed by atoms with Crippen LogP contribution in [0.5, 0.6) is 0 Å². The molecular weight excluding hydrogens is 557 g/mol. The van der Waals surface area contributed by atoms with Gasteiger partial charge in [-0.05, 0) is 12.1 Å². The van der Waals surface area contributed by atoms with Crippen LogP contribution in [-0.2, 0) is 15.2 Å². The highest BCUT2D eigenvalue weighted by atomic mass is 32.1. The van der Waals surface area contributed by atoms with Crippen LogP contribution in [-0.4, -0.2) is 21.3 Å². The number of nitrogen functional groups attached to an aromatic ring is 1. The van der Waals surface area contributed by atoms with Crippen LogP contribution in [0.1, 0.15) is 16.7 Å². The average molecular weight is 579 g/mol. The lowest BCUT2D eigenvalue weighted by Gasteiger charge is -2.35. The van der Waals surface area contributed by atoms with Gasteiger partial charge in [0.1, 0.15) is 11.2 Å². The first kappa shape index (κ1) is 25.9. The smallest absolute Gasteiger partial charge is 0.230 e. The van der Waals surface area contributed by atoms with E-state index in [-0.39, 0.29) is 0 Å². The number of rotatable bonds is 8. The quantitative estimate of drug-likeness (QED) is 0.0849. The van der Waals surface area contributed by atoms with Gasteiger partial charge >= 0.3 is 0 Å². The van der Waals surface area contributed by atoms with E-state index in [1.165, 1.54) is 11.3 Å². The Morgan fingerprint density at radius 1 is 0.875 bits per heavy atom. The van der Waals surface area contributed by atoms with Crippen molar-refractivity contribution in [2.24, 2.45) is 5.16 Å². The van der Waals surface area contributed by atoms with Crippen molar-refractivity contribution >= 4 is 62.0 Å². The Balaban J connectivity index is 1.72. The molecule has 6 rings (SSSR count). The average Bonchev–Trinajstić information content (AvgIpc) is 3.62. The molecule has 0 fully saturated rings. The van der Waals surface area contributed by atoms with Crippen LogP contribution >= 0.6 is 35.3 Å². The Labute approximate surface area is 244 Å². The van der Waals surface area contributed by atoms with Crippen LogP contribution in [0.3, 0.4) is 0 Å². The van der Waals surface area contributed by atoms with Gasteiger partial charge in [0, 0.05) is 33.2 Å². The molecule has 0 aliphatic rings. The fourth-order valence-electron chi connectivity index (χ4n) is 4.82. The topological polar surface area (TPSA) is 90.5 Å². The first-order valence-electron chi connectivity index (χ1n) is 12.3. The van der Waals surface area contributed by atoms with Gasteiger partial charge in [0.15, 0.2) is 5.13 Å². The lowest BCUT2D eigenvalue weighted by atomic mass is 9.77. The summed E-state index contributed by atoms with van der Waals surface area (Å²) in [6, 6.07) is 33.7. The van der Waals surface area contributed by atoms with Crippen molar-refractivity contribution in [2.45, 2.75) is 5.60 Å². The number of hydrogen-bond donors (Lipinski definition) is 2. The zero-order valence-electron chi connectivity index (χ0n) is 21.0. The summed E-state index contributed by atoms with van der Waals surface area (Å²) in [5.74, 6) is 0. The first-order valence-corrected chi connectivity index (χ1v) is 14.5. The van der Waals surface area contributed by atoms with E-state index in [0.717, 1.165) is 49.3 Å². The summed E-state index contributed by atoms with van der Waals surface area (Å²) >= 11 is 6.83. The lowest BCUT2D eigenvalue weighted by Crippen LogP contribution is -2.32. The molecule has 40 heavy (non-hydrogen) atoms. The predicted octanol–water partition coefficient (Wildman–Crippen LogP) is 7.42. The van der Waals surface area contributed by atoms with E-state index in [1.54, 1.807) is 11.3 Å². The van der Waals surface area contributed by atoms with Crippen molar-refractivity contribution in [3.05, 3.63) is 125 Å². The van der Waals surface area contributed by atoms with Gasteiger partial charge in [-0.2, -0.15) is 0 Å². The van der Waals surface area contributed by atoms with Gasteiger partial charge in [-0.1, -0.05) is 109 Å². The van der Waals surface area contributed by atoms with Gasteiger partial charge in [-0.15, -0.1) is 22.7 Å². The third-order valence-electron chi connectivity index (χ3n) is 6.46. The number of thiol groups is 1. The van der Waals surface area contributed by atoms with Crippen LogP contribution in [0.25, 0.3) is 32.0 Å². The van der Waals surface area contributed by atoms with Gasteiger partial charge in [-0.3, -0.25) is 4.79 Å². The van der Waals surface area contributed by atoms with Crippen LogP contribution in [0, 0.1) is 0 Å². The van der Waals surface area contributed by atoms with Gasteiger partial charge in [0.05, 0.1) is 15.9 Å². The molecule has 0 radical (unpaired) electrons. The van der Waals surface area contributed by atoms with E-state index in [0.29, 0.717) is 10.8 Å². The summed E-state index contributed by atoms with van der Waals surface area (Å²) in [4.78, 5) is 27.9. The maximum absolute atomic E-state index is 11.8. The number of thiazole rings is 2. The number of nitrogens with zero attached hydrogens (tertiary/aromatic N) is 3. The molecule has 9 heteroatoms. The molecule has 2 aromatic heterocycles. The number of fused-ring (bicyclic) bond motifs is 1. The SMILES string of the molecule is Nc1nc(-c2c(-c3nc4ccccc4s3)cccc2C(ON=CC(=O)S)(c2ccccc2)c2ccccc2)cs1. The van der Waals surface area contributed by atoms with Gasteiger partial charge in [0.2, 0.25) is 10.7 Å². The normalized spacial score (nSPS) is 11.7. The van der Waals surface area contributed by atoms with Crippen molar-refractivity contribution < 1.29 is 9.63 Å². The molecule has 0 unspecified atom stereocenters. The fraction of sp³-hybridized carbons (Fsp3) is 0.0323. The first-order chi connectivity index (χ1) is 19.6. The number of anilines is 1. The van der Waals surface area contributed by atoms with E-state index in [9.17, 15) is 4.79 Å². The number of benzene rings is 4. The highest BCUT2D eigenvalue weighted by Gasteiger charge is 2.42. The van der Waals surface area contributed by atoms with E-state index < -0.39 is 10.7 Å². The Bertz CT molecular complexity index is 1760. The Kier molecular flexibility index (Phi) is 7.17. The highest BCUT2D eigenvalue weighted by Crippen LogP contribution is 2.48. The summed E-state index contributed by atoms with van der Waals surface area (Å²) in [6.07, 6.45) is 1.06. The van der Waals surface area contributed by atoms with E-state index >= 15 is 0 Å². The predicted molar refractivity (Wildman–Crippen MR) is 167 cm³/mol. The molecule has 0 spiro atoms. The molecule has 0 saturated heterocycles. The Morgan fingerprint density at radius 2 is 1.55 bits per heavy atom. The Morgan fingerprint density at radius 3 is 2.17 bits per heavy atom. The van der Waals surface area contributed by atoms with Gasteiger partial charge < -0.3 is 10.6 Å². The number of nitrogens with two attached hydrogens (primary N) is 1. The van der Waals surface area contributed by atoms with Gasteiger partial charge in [-0.25, -0.2) is 9.97 Å². The molecule has 0 aliphatic carbocycles. The van der Waals surface area contributed by atoms with Crippen molar-refractivity contribution in [3.63, 3.8) is 0 Å². The number of aromatic nitrogens is 2. The maximum Gasteiger partial charge on any atom is 0.230 e. The van der Waals surface area contributed by atoms with Crippen LogP contribution in [0.15, 0.2) is 114 Å². The largest absolute Gasteiger partial charge is 0.375 e. The second-order valence-electron chi connectivity index (χ2n) is 8.86. The van der Waals surface area contributed by atoms with Crippen LogP contribution in [0.2, 0.25) is 0 Å². The molecule has 6 aromatic rings. The number of oxime groups is 1. The Hall–Kier alpha value is -4.31. The third kappa shape index (κ3) is 4.79. The van der Waals surface area contributed by atoms with Crippen molar-refractivity contribution in [2.75, 3.05) is 5.73 Å². The van der Waals surface area contributed by atoms with E-state index in [4.69, 9.17) is 20.5 Å². The highest BCUT2D eigenvalue weighted by molar-refractivity contribution is 7.98. The summed E-state index contributed by atoms with van der Waals surface area (Å²) < 4.78 is 1.08. The minimum Gasteiger partial charge on any atom is -0.375 e. The van der Waals surface area contributed by atoms with E-state index in [2.05, 4.69) is 23.9 Å². The minimum atomic E-state index is -1.26. The summed E-state index contributed by atoms with van der Waals surface area (Å²) in [5.41, 5.74) is 10.6. The summed E-state index contributed by atoms with van der Waals surface area (Å²) in [7, 11) is 0. The van der Waals surface area contributed by atoms with Crippen molar-refractivity contribution in [3.8, 4) is 21.8 Å². The second-order valence-corrected chi connectivity index (χ2v) is 11.2. The molecule has 4 aromatic carbocycles. The zero-order valence-corrected chi connectivity index (χ0v) is 23.5. The molecule has 0 bridgehead atoms. The molecule has 2 heterocycles. The summed E-state index contributed by atoms with van der Waals surface area (Å²) in [5, 5.41) is 6.85. The standard InChI is InChI=1S/C31H22N4O2S3/c32-30-35-25(19-39-30)28-22(29-34-24-16-7-8-17-26(24)40-29)14-9-15-23(28)31(37-33-18-27(36)38,20-10-3-1-4-11-20)21-12-5-2-6-13-21/h1-19H,(H2,32,35)(H,36,38). The molecule has 0 saturated carbocycles. The van der Waals surface area contributed by atoms with E-state index in [1.807, 2.05) is 102 Å². The molecule has 0 atom stereocenters. The van der Waals surface area contributed by atoms with Crippen LogP contribution < -0.4 is 5.73 Å². The molecule has 0 aliphatic heterocycles. The number of carbonyl (C=O) groups excluding carboxylic acids is 1. The third-order valence-corrected chi connectivity index (χ3v) is 8.32. The van der Waals surface area contributed by atoms with Gasteiger partial charge in [0.25, 0.3) is 0 Å². The zero-order chi connectivity index (χ0) is 27.5. The number of carbonyl (C=O) groups is 1. The minimum absolute atomic E-state index is 0.449. The van der Waals surface area contributed by atoms with Crippen molar-refractivity contribution in [1.29, 1.82) is 0 Å². The molecule has 2 N–H and O–H groups in total. The molecule has 0 amide bonds. The molecule has 196 valence electrons. The molecule has 6 nitrogen and oxygen atoms in total. The molecular formula is C31H22N4O2S3. The number of para-hydroxylation sites is 1. The fourth-order valence-corrected chi connectivity index (χ4v) is 6.42. The number of hydrogen-bond acceptors (Lipinski definition) is 8. The summed E-state index contributed by atoms with van der Waals surface area (Å²) in [6.45, 7) is 0. The van der Waals surface area contributed by atoms with Crippen molar-refractivity contribution in [1.82, 2.24) is 9.97 Å². The lowest BCUT2D eigenvalue weighted by molar-refractivity contribution is -0.105.